The Morgan fingerprint density at radius 3 is 2.59 bits per heavy atom. The Morgan fingerprint density at radius 2 is 1.93 bits per heavy atom. The van der Waals surface area contributed by atoms with Crippen LogP contribution in [0.25, 0.3) is 11.2 Å². The summed E-state index contributed by atoms with van der Waals surface area (Å²) in [4.78, 5) is 43.7. The topological polar surface area (TPSA) is 241 Å². The second kappa shape index (κ2) is 7.14. The standard InChI is InChI=1S/C10H15N5O10P2/c11-8-5-9(13-2-12-8)15(3-14-5)10-7(17)6(16)4(24-10)1-23-27(21,22)25-26(18,19)20/h2-4,6-7,10,16-17H,1H2,(H,21,22)(H2,11,12,13)(H2,18,19,20)/p-3/t4-,6-,7-,10-/m1/s1. The van der Waals surface area contributed by atoms with Gasteiger partial charge in [0, 0.05) is 0 Å². The Hall–Kier alpha value is -1.51. The fraction of sp³-hybridized carbons (Fsp3) is 0.500. The molecule has 15 nitrogen and oxygen atoms in total. The third-order valence-electron chi connectivity index (χ3n) is 3.60. The van der Waals surface area contributed by atoms with Crippen LogP contribution in [-0.4, -0.2) is 54.7 Å². The number of fused-ring (bicyclic) bond motifs is 1. The molecule has 2 aromatic heterocycles. The van der Waals surface area contributed by atoms with Crippen LogP contribution in [0.15, 0.2) is 12.7 Å². The zero-order chi connectivity index (χ0) is 20.0. The number of phosphoric acid groups is 2. The molecule has 3 rings (SSSR count). The van der Waals surface area contributed by atoms with Crippen LogP contribution >= 0.6 is 15.6 Å². The molecule has 0 aliphatic carbocycles. The molecule has 0 bridgehead atoms. The van der Waals surface area contributed by atoms with Gasteiger partial charge in [0.05, 0.1) is 20.8 Å². The van der Waals surface area contributed by atoms with Gasteiger partial charge < -0.3 is 44.5 Å². The van der Waals surface area contributed by atoms with Gasteiger partial charge in [0.15, 0.2) is 17.7 Å². The first kappa shape index (κ1) is 20.2. The number of hydrogen-bond donors (Lipinski definition) is 3. The van der Waals surface area contributed by atoms with E-state index in [-0.39, 0.29) is 17.0 Å². The molecule has 17 heteroatoms. The summed E-state index contributed by atoms with van der Waals surface area (Å²) in [7, 11) is -11.4. The molecule has 1 aliphatic rings. The number of nitrogen functional groups attached to an aromatic ring is 1. The summed E-state index contributed by atoms with van der Waals surface area (Å²) in [6.07, 6.45) is -3.48. The summed E-state index contributed by atoms with van der Waals surface area (Å²) in [5, 5.41) is 20.2. The number of aliphatic hydroxyl groups is 2. The number of nitrogens with zero attached hydrogens (tertiary/aromatic N) is 4. The van der Waals surface area contributed by atoms with Gasteiger partial charge in [-0.1, -0.05) is 0 Å². The number of phosphoric ester groups is 1. The van der Waals surface area contributed by atoms with Crippen LogP contribution < -0.4 is 20.4 Å². The molecule has 0 amide bonds. The van der Waals surface area contributed by atoms with Gasteiger partial charge in [-0.3, -0.25) is 13.4 Å². The fourth-order valence-corrected chi connectivity index (χ4v) is 3.96. The Bertz CT molecular complexity index is 932. The van der Waals surface area contributed by atoms with Crippen LogP contribution in [0.1, 0.15) is 6.23 Å². The van der Waals surface area contributed by atoms with E-state index in [1.807, 2.05) is 0 Å². The van der Waals surface area contributed by atoms with Crippen LogP contribution in [0.5, 0.6) is 0 Å². The van der Waals surface area contributed by atoms with Crippen molar-refractivity contribution < 1.29 is 47.6 Å². The lowest BCUT2D eigenvalue weighted by Crippen LogP contribution is -2.34. The van der Waals surface area contributed by atoms with Crippen molar-refractivity contribution in [3.05, 3.63) is 12.7 Å². The molecule has 0 aromatic carbocycles. The third-order valence-corrected chi connectivity index (χ3v) is 5.66. The minimum absolute atomic E-state index is 0.0655. The Balaban J connectivity index is 1.75. The molecule has 5 atom stereocenters. The number of imidazole rings is 1. The lowest BCUT2D eigenvalue weighted by Gasteiger charge is -2.35. The lowest BCUT2D eigenvalue weighted by atomic mass is 10.1. The van der Waals surface area contributed by atoms with Crippen molar-refractivity contribution in [1.29, 1.82) is 0 Å². The predicted molar refractivity (Wildman–Crippen MR) is 77.9 cm³/mol. The molecule has 3 heterocycles. The Labute approximate surface area is 150 Å². The number of ether oxygens (including phenoxy) is 1. The molecule has 0 radical (unpaired) electrons. The maximum atomic E-state index is 11.3. The van der Waals surface area contributed by atoms with Gasteiger partial charge in [0.2, 0.25) is 0 Å². The fourth-order valence-electron chi connectivity index (χ4n) is 2.46. The van der Waals surface area contributed by atoms with Crippen molar-refractivity contribution in [2.24, 2.45) is 0 Å². The van der Waals surface area contributed by atoms with E-state index in [0.717, 1.165) is 6.33 Å². The highest BCUT2D eigenvalue weighted by atomic mass is 31.3. The first-order chi connectivity index (χ1) is 12.5. The lowest BCUT2D eigenvalue weighted by molar-refractivity contribution is -0.339. The largest absolute Gasteiger partial charge is 0.790 e. The van der Waals surface area contributed by atoms with E-state index in [0.29, 0.717) is 0 Å². The van der Waals surface area contributed by atoms with Crippen molar-refractivity contribution in [1.82, 2.24) is 19.5 Å². The van der Waals surface area contributed by atoms with E-state index in [1.54, 1.807) is 0 Å². The summed E-state index contributed by atoms with van der Waals surface area (Å²) in [5.41, 5.74) is 6.04. The quantitative estimate of drug-likeness (QED) is 0.379. The monoisotopic (exact) mass is 424 g/mol. The van der Waals surface area contributed by atoms with E-state index >= 15 is 0 Å². The van der Waals surface area contributed by atoms with Crippen molar-refractivity contribution in [3.8, 4) is 0 Å². The SMILES string of the molecule is Nc1ncnc2c1ncn2[C@@H]1O[C@H](COP(=O)([O-])OP(=O)([O-])[O-])[C@@H](O)[C@H]1O. The predicted octanol–water partition coefficient (Wildman–Crippen LogP) is -3.64. The van der Waals surface area contributed by atoms with Crippen molar-refractivity contribution in [2.45, 2.75) is 24.5 Å². The average Bonchev–Trinajstić information content (AvgIpc) is 3.07. The molecule has 150 valence electrons. The Kier molecular flexibility index (Phi) is 5.35. The van der Waals surface area contributed by atoms with Gasteiger partial charge in [-0.25, -0.2) is 15.0 Å². The van der Waals surface area contributed by atoms with Crippen LogP contribution in [0, 0.1) is 0 Å². The van der Waals surface area contributed by atoms with E-state index in [4.69, 9.17) is 10.5 Å². The third kappa shape index (κ3) is 4.33. The smallest absolute Gasteiger partial charge is 0.271 e. The Morgan fingerprint density at radius 1 is 1.22 bits per heavy atom. The highest BCUT2D eigenvalue weighted by Gasteiger charge is 2.44. The molecule has 1 saturated heterocycles. The minimum Gasteiger partial charge on any atom is -0.790 e. The summed E-state index contributed by atoms with van der Waals surface area (Å²) < 4.78 is 35.7. The average molecular weight is 424 g/mol. The van der Waals surface area contributed by atoms with Gasteiger partial charge in [0.1, 0.15) is 30.2 Å². The molecule has 1 aliphatic heterocycles. The van der Waals surface area contributed by atoms with E-state index < -0.39 is 46.8 Å². The number of aromatic nitrogens is 4. The second-order valence-corrected chi connectivity index (χ2v) is 8.10. The summed E-state index contributed by atoms with van der Waals surface area (Å²) in [5.74, 6) is 0.0655. The molecule has 1 fully saturated rings. The maximum absolute atomic E-state index is 11.3. The normalized spacial score (nSPS) is 28.5. The minimum atomic E-state index is -5.85. The van der Waals surface area contributed by atoms with Crippen LogP contribution in [0.4, 0.5) is 5.82 Å². The molecule has 0 saturated carbocycles. The zero-order valence-electron chi connectivity index (χ0n) is 13.1. The number of hydrogen-bond acceptors (Lipinski definition) is 14. The van der Waals surface area contributed by atoms with Crippen LogP contribution in [0.3, 0.4) is 0 Å². The van der Waals surface area contributed by atoms with Gasteiger partial charge in [-0.15, -0.1) is 0 Å². The molecule has 4 N–H and O–H groups in total. The highest BCUT2D eigenvalue weighted by Crippen LogP contribution is 2.50. The van der Waals surface area contributed by atoms with Gasteiger partial charge >= 0.3 is 0 Å². The van der Waals surface area contributed by atoms with Gasteiger partial charge in [-0.2, -0.15) is 0 Å². The number of aliphatic hydroxyl groups excluding tert-OH is 2. The molecule has 2 aromatic rings. The highest BCUT2D eigenvalue weighted by molar-refractivity contribution is 7.58. The molecular weight excluding hydrogens is 412 g/mol. The first-order valence-electron chi connectivity index (χ1n) is 7.12. The number of nitrogens with two attached hydrogens (primary N) is 1. The van der Waals surface area contributed by atoms with Gasteiger partial charge in [-0.05, 0) is 0 Å². The summed E-state index contributed by atoms with van der Waals surface area (Å²) in [6.45, 7) is -0.931. The number of anilines is 1. The van der Waals surface area contributed by atoms with Crippen LogP contribution in [0.2, 0.25) is 0 Å². The van der Waals surface area contributed by atoms with E-state index in [1.165, 1.54) is 10.9 Å². The van der Waals surface area contributed by atoms with Crippen LogP contribution in [-0.2, 0) is 22.7 Å². The van der Waals surface area contributed by atoms with Crippen molar-refractivity contribution in [2.75, 3.05) is 12.3 Å². The second-order valence-electron chi connectivity index (χ2n) is 5.40. The molecule has 27 heavy (non-hydrogen) atoms. The van der Waals surface area contributed by atoms with Gasteiger partial charge in [0.25, 0.3) is 7.82 Å². The molecule has 0 spiro atoms. The van der Waals surface area contributed by atoms with Crippen molar-refractivity contribution in [3.63, 3.8) is 0 Å². The van der Waals surface area contributed by atoms with Crippen molar-refractivity contribution >= 4 is 32.6 Å². The molecular formula is C10H12N5O10P2-3. The number of rotatable bonds is 6. The summed E-state index contributed by atoms with van der Waals surface area (Å²) in [6, 6.07) is 0. The summed E-state index contributed by atoms with van der Waals surface area (Å²) >= 11 is 0. The maximum Gasteiger partial charge on any atom is 0.271 e. The van der Waals surface area contributed by atoms with E-state index in [2.05, 4.69) is 23.8 Å². The zero-order valence-corrected chi connectivity index (χ0v) is 14.9. The van der Waals surface area contributed by atoms with E-state index in [9.17, 15) is 34.0 Å². The first-order valence-corrected chi connectivity index (χ1v) is 10.0. The molecule has 1 unspecified atom stereocenters.